The van der Waals surface area contributed by atoms with Gasteiger partial charge in [0.25, 0.3) is 0 Å². The van der Waals surface area contributed by atoms with Gasteiger partial charge in [0.05, 0.1) is 16.8 Å². The number of hydrogen-bond donors (Lipinski definition) is 0. The van der Waals surface area contributed by atoms with Crippen LogP contribution in [-0.2, 0) is 5.41 Å². The number of aromatic nitrogens is 2. The number of thiophene rings is 1. The first-order chi connectivity index (χ1) is 23.3. The highest BCUT2D eigenvalue weighted by atomic mass is 32.1. The summed E-state index contributed by atoms with van der Waals surface area (Å²) in [5.41, 5.74) is 11.7. The van der Waals surface area contributed by atoms with Crippen molar-refractivity contribution in [2.24, 2.45) is 0 Å². The third-order valence-electron chi connectivity index (χ3n) is 9.64. The molecule has 0 unspecified atom stereocenters. The second-order valence-corrected chi connectivity index (χ2v) is 13.1. The molecule has 220 valence electrons. The summed E-state index contributed by atoms with van der Waals surface area (Å²) in [7, 11) is 0. The summed E-state index contributed by atoms with van der Waals surface area (Å²) in [5, 5.41) is 3.44. The summed E-state index contributed by atoms with van der Waals surface area (Å²) in [6.07, 6.45) is 0. The Bertz CT molecular complexity index is 2400. The Hall–Kier alpha value is -5.84. The van der Waals surface area contributed by atoms with Gasteiger partial charge in [-0.15, -0.1) is 11.3 Å². The summed E-state index contributed by atoms with van der Waals surface area (Å²) in [4.78, 5) is 10.4. The molecule has 0 saturated heterocycles. The lowest BCUT2D eigenvalue weighted by atomic mass is 9.66. The summed E-state index contributed by atoms with van der Waals surface area (Å²) in [5.74, 6) is 2.49. The second-order valence-electron chi connectivity index (χ2n) is 12.1. The van der Waals surface area contributed by atoms with Crippen LogP contribution in [0.5, 0.6) is 11.5 Å². The van der Waals surface area contributed by atoms with Crippen LogP contribution in [-0.4, -0.2) is 9.97 Å². The predicted molar refractivity (Wildman–Crippen MR) is 191 cm³/mol. The van der Waals surface area contributed by atoms with Crippen molar-refractivity contribution in [3.8, 4) is 56.5 Å². The molecule has 1 aliphatic carbocycles. The van der Waals surface area contributed by atoms with Crippen LogP contribution in [0.3, 0.4) is 0 Å². The normalized spacial score (nSPS) is 13.4. The molecule has 0 radical (unpaired) electrons. The Kier molecular flexibility index (Phi) is 5.66. The van der Waals surface area contributed by atoms with Crippen LogP contribution in [0.4, 0.5) is 0 Å². The standard InChI is InChI=1S/C43H26N2OS/c1-3-12-27(13-4-1)36-26-37(45-42(44-36)28-14-5-2-6-15-28)30-16-11-19-34-41(30)31-25-40-29(22-23-47-40)24-35(31)43(34)32-17-7-9-20-38(32)46-39-21-10-8-18-33(39)43/h1-26H. The smallest absolute Gasteiger partial charge is 0.160 e. The first-order valence-electron chi connectivity index (χ1n) is 15.8. The molecule has 8 aromatic rings. The highest BCUT2D eigenvalue weighted by molar-refractivity contribution is 7.17. The maximum atomic E-state index is 6.59. The Balaban J connectivity index is 1.33. The highest BCUT2D eigenvalue weighted by Crippen LogP contribution is 2.63. The molecule has 10 rings (SSSR count). The van der Waals surface area contributed by atoms with Crippen molar-refractivity contribution in [2.45, 2.75) is 5.41 Å². The monoisotopic (exact) mass is 618 g/mol. The maximum absolute atomic E-state index is 6.59. The molecule has 2 aromatic heterocycles. The van der Waals surface area contributed by atoms with E-state index in [4.69, 9.17) is 14.7 Å². The zero-order valence-corrected chi connectivity index (χ0v) is 26.0. The number of fused-ring (bicyclic) bond motifs is 10. The molecule has 2 aliphatic rings. The van der Waals surface area contributed by atoms with Crippen LogP contribution >= 0.6 is 11.3 Å². The van der Waals surface area contributed by atoms with E-state index in [1.807, 2.05) is 24.3 Å². The molecule has 47 heavy (non-hydrogen) atoms. The Morgan fingerprint density at radius 1 is 0.489 bits per heavy atom. The number of nitrogens with zero attached hydrogens (tertiary/aromatic N) is 2. The van der Waals surface area contributed by atoms with Gasteiger partial charge in [-0.2, -0.15) is 0 Å². The molecule has 0 N–H and O–H groups in total. The second kappa shape index (κ2) is 10.1. The van der Waals surface area contributed by atoms with E-state index < -0.39 is 5.41 Å². The molecular weight excluding hydrogens is 593 g/mol. The summed E-state index contributed by atoms with van der Waals surface area (Å²) in [6.45, 7) is 0. The topological polar surface area (TPSA) is 35.0 Å². The van der Waals surface area contributed by atoms with Crippen molar-refractivity contribution in [2.75, 3.05) is 0 Å². The molecule has 1 aliphatic heterocycles. The molecule has 0 fully saturated rings. The first-order valence-corrected chi connectivity index (χ1v) is 16.7. The van der Waals surface area contributed by atoms with E-state index in [-0.39, 0.29) is 0 Å². The SMILES string of the molecule is c1ccc(-c2cc(-c3cccc4c3-c3cc5sccc5cc3C43c4ccccc4Oc4ccccc43)nc(-c3ccccc3)n2)cc1. The van der Waals surface area contributed by atoms with Crippen molar-refractivity contribution in [1.82, 2.24) is 9.97 Å². The van der Waals surface area contributed by atoms with E-state index in [0.29, 0.717) is 5.82 Å². The van der Waals surface area contributed by atoms with Gasteiger partial charge >= 0.3 is 0 Å². The fourth-order valence-electron chi connectivity index (χ4n) is 7.67. The van der Waals surface area contributed by atoms with Gasteiger partial charge in [0.2, 0.25) is 0 Å². The van der Waals surface area contributed by atoms with Crippen LogP contribution in [0.1, 0.15) is 22.3 Å². The van der Waals surface area contributed by atoms with Gasteiger partial charge in [-0.1, -0.05) is 115 Å². The van der Waals surface area contributed by atoms with Gasteiger partial charge in [0, 0.05) is 32.5 Å². The Morgan fingerprint density at radius 2 is 1.13 bits per heavy atom. The van der Waals surface area contributed by atoms with E-state index in [2.05, 4.69) is 133 Å². The van der Waals surface area contributed by atoms with Gasteiger partial charge in [0.15, 0.2) is 5.82 Å². The van der Waals surface area contributed by atoms with Gasteiger partial charge in [-0.25, -0.2) is 9.97 Å². The number of hydrogen-bond acceptors (Lipinski definition) is 4. The molecule has 0 amide bonds. The van der Waals surface area contributed by atoms with E-state index in [0.717, 1.165) is 50.7 Å². The lowest BCUT2D eigenvalue weighted by Gasteiger charge is -2.39. The zero-order valence-electron chi connectivity index (χ0n) is 25.2. The molecular formula is C43H26N2OS. The van der Waals surface area contributed by atoms with E-state index in [1.165, 1.54) is 32.3 Å². The molecule has 0 bridgehead atoms. The first kappa shape index (κ1) is 26.4. The third kappa shape index (κ3) is 3.79. The summed E-state index contributed by atoms with van der Waals surface area (Å²) in [6, 6.07) is 53.6. The van der Waals surface area contributed by atoms with Crippen molar-refractivity contribution >= 4 is 21.4 Å². The van der Waals surface area contributed by atoms with Crippen LogP contribution < -0.4 is 4.74 Å². The minimum Gasteiger partial charge on any atom is -0.457 e. The van der Waals surface area contributed by atoms with Crippen LogP contribution in [0.2, 0.25) is 0 Å². The van der Waals surface area contributed by atoms with E-state index in [9.17, 15) is 0 Å². The van der Waals surface area contributed by atoms with Crippen molar-refractivity contribution < 1.29 is 4.74 Å². The average molecular weight is 619 g/mol. The van der Waals surface area contributed by atoms with Crippen molar-refractivity contribution in [3.63, 3.8) is 0 Å². The van der Waals surface area contributed by atoms with Crippen LogP contribution in [0, 0.1) is 0 Å². The average Bonchev–Trinajstić information content (AvgIpc) is 3.72. The lowest BCUT2D eigenvalue weighted by molar-refractivity contribution is 0.436. The lowest BCUT2D eigenvalue weighted by Crippen LogP contribution is -2.32. The van der Waals surface area contributed by atoms with Crippen LogP contribution in [0.15, 0.2) is 157 Å². The summed E-state index contributed by atoms with van der Waals surface area (Å²) >= 11 is 1.79. The Labute approximate surface area is 276 Å². The van der Waals surface area contributed by atoms with Gasteiger partial charge in [0.1, 0.15) is 11.5 Å². The molecule has 1 spiro atoms. The van der Waals surface area contributed by atoms with Gasteiger partial charge in [-0.05, 0) is 69.4 Å². The molecule has 3 heterocycles. The van der Waals surface area contributed by atoms with Crippen molar-refractivity contribution in [3.05, 3.63) is 179 Å². The molecule has 0 saturated carbocycles. The molecule has 6 aromatic carbocycles. The third-order valence-corrected chi connectivity index (χ3v) is 10.5. The molecule has 3 nitrogen and oxygen atoms in total. The number of ether oxygens (including phenoxy) is 1. The predicted octanol–water partition coefficient (Wildman–Crippen LogP) is 11.2. The minimum absolute atomic E-state index is 0.556. The molecule has 0 atom stereocenters. The summed E-state index contributed by atoms with van der Waals surface area (Å²) < 4.78 is 7.86. The Morgan fingerprint density at radius 3 is 1.87 bits per heavy atom. The largest absolute Gasteiger partial charge is 0.457 e. The quantitative estimate of drug-likeness (QED) is 0.198. The van der Waals surface area contributed by atoms with Gasteiger partial charge < -0.3 is 4.74 Å². The number of para-hydroxylation sites is 2. The highest BCUT2D eigenvalue weighted by Gasteiger charge is 2.51. The van der Waals surface area contributed by atoms with Crippen molar-refractivity contribution in [1.29, 1.82) is 0 Å². The van der Waals surface area contributed by atoms with Crippen LogP contribution in [0.25, 0.3) is 55.1 Å². The number of benzene rings is 6. The fraction of sp³-hybridized carbons (Fsp3) is 0.0233. The fourth-order valence-corrected chi connectivity index (χ4v) is 8.48. The number of rotatable bonds is 3. The van der Waals surface area contributed by atoms with Gasteiger partial charge in [-0.3, -0.25) is 0 Å². The zero-order chi connectivity index (χ0) is 31.0. The minimum atomic E-state index is -0.556. The molecule has 4 heteroatoms. The van der Waals surface area contributed by atoms with E-state index in [1.54, 1.807) is 11.3 Å². The van der Waals surface area contributed by atoms with E-state index >= 15 is 0 Å². The maximum Gasteiger partial charge on any atom is 0.160 e.